The quantitative estimate of drug-likeness (QED) is 0.156. The number of benzene rings is 10. The largest absolute Gasteiger partial charge is 0.308 e. The van der Waals surface area contributed by atoms with Crippen LogP contribution in [0.25, 0.3) is 53.9 Å². The van der Waals surface area contributed by atoms with Crippen LogP contribution in [-0.4, -0.2) is 0 Å². The van der Waals surface area contributed by atoms with Crippen molar-refractivity contribution in [3.63, 3.8) is 0 Å². The third-order valence-corrected chi connectivity index (χ3v) is 12.6. The molecule has 2 heteroatoms. The Morgan fingerprint density at radius 3 is 1.00 bits per heavy atom. The summed E-state index contributed by atoms with van der Waals surface area (Å²) in [5.41, 5.74) is 17.3. The van der Waals surface area contributed by atoms with Crippen molar-refractivity contribution in [2.24, 2.45) is 0 Å². The van der Waals surface area contributed by atoms with Crippen LogP contribution in [0.5, 0.6) is 0 Å². The van der Waals surface area contributed by atoms with Crippen molar-refractivity contribution in [1.82, 2.24) is 0 Å². The van der Waals surface area contributed by atoms with E-state index in [0.717, 1.165) is 0 Å². The van der Waals surface area contributed by atoms with Crippen LogP contribution in [0.1, 0.15) is 44.5 Å². The van der Waals surface area contributed by atoms with Crippen LogP contribution >= 0.6 is 0 Å². The van der Waals surface area contributed by atoms with Gasteiger partial charge in [0.1, 0.15) is 0 Å². The monoisotopic (exact) mass is 748 g/mol. The highest BCUT2D eigenvalue weighted by atomic mass is 15.2. The molecule has 282 valence electrons. The molecule has 0 amide bonds. The van der Waals surface area contributed by atoms with E-state index < -0.39 is 0 Å². The Morgan fingerprint density at radius 2 is 0.603 bits per heavy atom. The summed E-state index contributed by atoms with van der Waals surface area (Å²) < 4.78 is 0. The number of anilines is 6. The number of rotatable bonds is 6. The first kappa shape index (κ1) is 35.8. The van der Waals surface area contributed by atoms with Gasteiger partial charge in [0.05, 0.1) is 34.1 Å². The first-order chi connectivity index (χ1) is 28.1. The molecule has 0 aliphatic carbocycles. The van der Waals surface area contributed by atoms with Gasteiger partial charge in [0, 0.05) is 21.5 Å². The number of aryl methyl sites for hydroxylation is 8. The highest BCUT2D eigenvalue weighted by molar-refractivity contribution is 6.28. The van der Waals surface area contributed by atoms with E-state index in [-0.39, 0.29) is 0 Å². The van der Waals surface area contributed by atoms with Crippen molar-refractivity contribution < 1.29 is 0 Å². The van der Waals surface area contributed by atoms with Gasteiger partial charge in [0.15, 0.2) is 0 Å². The second-order valence-corrected chi connectivity index (χ2v) is 16.7. The normalized spacial score (nSPS) is 11.8. The third-order valence-electron chi connectivity index (χ3n) is 12.6. The summed E-state index contributed by atoms with van der Waals surface area (Å²) in [7, 11) is 0. The molecule has 58 heavy (non-hydrogen) atoms. The summed E-state index contributed by atoms with van der Waals surface area (Å²) >= 11 is 0. The fourth-order valence-electron chi connectivity index (χ4n) is 9.83. The van der Waals surface area contributed by atoms with Gasteiger partial charge in [-0.15, -0.1) is 0 Å². The maximum atomic E-state index is 2.57. The second-order valence-electron chi connectivity index (χ2n) is 16.7. The standard InChI is InChI=1S/C56H48N2/c1-33-15-19-41-21-17-39(7)55(47(41)31-33)57(53-35(3)11-9-12-36(53)4)49-29-25-43-24-28-46-50(30-26-44-23-27-45(49)51(43)52(44)46)58(54-37(5)13-10-14-38(54)6)56-40(8)18-22-42-20-16-34(2)32-48(42)56/h9-32H,1-8H3. The Balaban J connectivity index is 1.32. The average molecular weight is 749 g/mol. The van der Waals surface area contributed by atoms with Crippen molar-refractivity contribution in [2.45, 2.75) is 55.4 Å². The molecule has 0 saturated heterocycles. The molecule has 0 N–H and O–H groups in total. The molecule has 0 bridgehead atoms. The summed E-state index contributed by atoms with van der Waals surface area (Å²) in [4.78, 5) is 5.14. The van der Waals surface area contributed by atoms with Gasteiger partial charge in [-0.05, 0) is 145 Å². The van der Waals surface area contributed by atoms with Crippen LogP contribution in [-0.2, 0) is 0 Å². The van der Waals surface area contributed by atoms with Gasteiger partial charge in [0.2, 0.25) is 0 Å². The van der Waals surface area contributed by atoms with Gasteiger partial charge in [0.25, 0.3) is 0 Å². The summed E-state index contributed by atoms with van der Waals surface area (Å²) in [6.45, 7) is 17.9. The van der Waals surface area contributed by atoms with E-state index in [0.29, 0.717) is 0 Å². The number of fused-ring (bicyclic) bond motifs is 2. The Bertz CT molecular complexity index is 3010. The lowest BCUT2D eigenvalue weighted by atomic mass is 9.90. The first-order valence-corrected chi connectivity index (χ1v) is 20.5. The van der Waals surface area contributed by atoms with Gasteiger partial charge in [-0.1, -0.05) is 132 Å². The maximum Gasteiger partial charge on any atom is 0.0569 e. The lowest BCUT2D eigenvalue weighted by Crippen LogP contribution is -2.16. The Kier molecular flexibility index (Phi) is 8.32. The molecule has 0 aromatic heterocycles. The molecule has 10 aromatic carbocycles. The molecule has 2 nitrogen and oxygen atoms in total. The Labute approximate surface area is 341 Å². The van der Waals surface area contributed by atoms with Crippen molar-refractivity contribution in [3.05, 3.63) is 190 Å². The minimum absolute atomic E-state index is 1.19. The summed E-state index contributed by atoms with van der Waals surface area (Å²) in [5.74, 6) is 0. The minimum atomic E-state index is 1.19. The van der Waals surface area contributed by atoms with Gasteiger partial charge in [-0.3, -0.25) is 0 Å². The fraction of sp³-hybridized carbons (Fsp3) is 0.143. The van der Waals surface area contributed by atoms with Gasteiger partial charge in [-0.25, -0.2) is 0 Å². The van der Waals surface area contributed by atoms with Gasteiger partial charge < -0.3 is 9.80 Å². The smallest absolute Gasteiger partial charge is 0.0569 e. The predicted molar refractivity (Wildman–Crippen MR) is 252 cm³/mol. The molecule has 0 atom stereocenters. The zero-order chi connectivity index (χ0) is 40.0. The molecule has 0 aliphatic heterocycles. The lowest BCUT2D eigenvalue weighted by molar-refractivity contribution is 1.22. The van der Waals surface area contributed by atoms with E-state index in [1.54, 1.807) is 0 Å². The van der Waals surface area contributed by atoms with Crippen LogP contribution in [0.3, 0.4) is 0 Å². The molecule has 10 aromatic rings. The Morgan fingerprint density at radius 1 is 0.276 bits per heavy atom. The molecule has 0 heterocycles. The summed E-state index contributed by atoms with van der Waals surface area (Å²) in [5, 5.41) is 12.6. The van der Waals surface area contributed by atoms with Gasteiger partial charge in [-0.2, -0.15) is 0 Å². The lowest BCUT2D eigenvalue weighted by Gasteiger charge is -2.33. The molecule has 10 rings (SSSR count). The number of hydrogen-bond donors (Lipinski definition) is 0. The van der Waals surface area contributed by atoms with E-state index in [1.165, 1.54) is 132 Å². The maximum absolute atomic E-state index is 2.57. The van der Waals surface area contributed by atoms with Crippen molar-refractivity contribution >= 4 is 88.0 Å². The van der Waals surface area contributed by atoms with Crippen molar-refractivity contribution in [1.29, 1.82) is 0 Å². The predicted octanol–water partition coefficient (Wildman–Crippen LogP) is 16.3. The van der Waals surface area contributed by atoms with Crippen LogP contribution < -0.4 is 9.80 Å². The topological polar surface area (TPSA) is 6.48 Å². The van der Waals surface area contributed by atoms with E-state index in [9.17, 15) is 0 Å². The van der Waals surface area contributed by atoms with E-state index in [1.807, 2.05) is 0 Å². The highest BCUT2D eigenvalue weighted by Crippen LogP contribution is 2.51. The molecular formula is C56H48N2. The van der Waals surface area contributed by atoms with E-state index in [4.69, 9.17) is 0 Å². The van der Waals surface area contributed by atoms with E-state index in [2.05, 4.69) is 211 Å². The van der Waals surface area contributed by atoms with Crippen molar-refractivity contribution in [3.8, 4) is 0 Å². The average Bonchev–Trinajstić information content (AvgIpc) is 3.21. The zero-order valence-corrected chi connectivity index (χ0v) is 34.8. The Hall–Kier alpha value is -6.64. The molecule has 0 saturated carbocycles. The zero-order valence-electron chi connectivity index (χ0n) is 34.8. The van der Waals surface area contributed by atoms with E-state index >= 15 is 0 Å². The highest BCUT2D eigenvalue weighted by Gasteiger charge is 2.27. The fourth-order valence-corrected chi connectivity index (χ4v) is 9.83. The second kappa shape index (κ2) is 13.5. The summed E-state index contributed by atoms with van der Waals surface area (Å²) in [6.07, 6.45) is 0. The molecule has 0 unspecified atom stereocenters. The van der Waals surface area contributed by atoms with Crippen LogP contribution in [0.2, 0.25) is 0 Å². The third kappa shape index (κ3) is 5.46. The summed E-state index contributed by atoms with van der Waals surface area (Å²) in [6, 6.07) is 55.0. The van der Waals surface area contributed by atoms with Crippen LogP contribution in [0.4, 0.5) is 34.1 Å². The number of nitrogens with zero attached hydrogens (tertiary/aromatic N) is 2. The van der Waals surface area contributed by atoms with Crippen LogP contribution in [0, 0.1) is 55.4 Å². The molecule has 0 radical (unpaired) electrons. The molecule has 0 fully saturated rings. The number of para-hydroxylation sites is 2. The molecule has 0 aliphatic rings. The molecule has 0 spiro atoms. The first-order valence-electron chi connectivity index (χ1n) is 20.5. The number of hydrogen-bond acceptors (Lipinski definition) is 2. The van der Waals surface area contributed by atoms with Crippen molar-refractivity contribution in [2.75, 3.05) is 9.80 Å². The van der Waals surface area contributed by atoms with Crippen LogP contribution in [0.15, 0.2) is 146 Å². The van der Waals surface area contributed by atoms with Gasteiger partial charge >= 0.3 is 0 Å². The SMILES string of the molecule is Cc1ccc2ccc(C)c(N(c3c(C)cccc3C)c3ccc4ccc5c(N(c6c(C)cccc6C)c6c(C)ccc7ccc(C)cc67)ccc6ccc3c4c65)c2c1. The molecular weight excluding hydrogens is 701 g/mol. The minimum Gasteiger partial charge on any atom is -0.308 e.